The number of hydrogen-bond donors (Lipinski definition) is 1. The van der Waals surface area contributed by atoms with Gasteiger partial charge in [0.25, 0.3) is 5.69 Å². The maximum atomic E-state index is 12.6. The molecule has 0 aliphatic heterocycles. The van der Waals surface area contributed by atoms with E-state index in [4.69, 9.17) is 4.74 Å². The van der Waals surface area contributed by atoms with Gasteiger partial charge in [0.15, 0.2) is 11.6 Å². The van der Waals surface area contributed by atoms with E-state index in [1.54, 1.807) is 30.3 Å². The molecule has 0 aliphatic rings. The third-order valence-electron chi connectivity index (χ3n) is 4.57. The van der Waals surface area contributed by atoms with Crippen LogP contribution in [0.2, 0.25) is 0 Å². The van der Waals surface area contributed by atoms with Crippen molar-refractivity contribution < 1.29 is 14.5 Å². The van der Waals surface area contributed by atoms with Gasteiger partial charge in [0, 0.05) is 17.7 Å². The Kier molecular flexibility index (Phi) is 5.89. The van der Waals surface area contributed by atoms with Gasteiger partial charge in [-0.15, -0.1) is 0 Å². The number of non-ortho nitro benzene ring substituents is 1. The van der Waals surface area contributed by atoms with E-state index in [0.29, 0.717) is 28.6 Å². The predicted octanol–water partition coefficient (Wildman–Crippen LogP) is 4.59. The number of ether oxygens (including phenoxy) is 1. The zero-order chi connectivity index (χ0) is 22.5. The molecule has 0 radical (unpaired) electrons. The van der Waals surface area contributed by atoms with Crippen LogP contribution in [0, 0.1) is 17.0 Å². The number of benzene rings is 3. The molecule has 0 fully saturated rings. The minimum absolute atomic E-state index is 0.0539. The molecule has 4 rings (SSSR count). The number of carbonyl (C=O) groups excluding carboxylic acids is 1. The summed E-state index contributed by atoms with van der Waals surface area (Å²) >= 11 is 0. The molecule has 0 saturated carbocycles. The van der Waals surface area contributed by atoms with Crippen LogP contribution in [-0.2, 0) is 11.3 Å². The fraction of sp³-hybridized carbons (Fsp3) is 0.0870. The lowest BCUT2D eigenvalue weighted by Gasteiger charge is -2.12. The number of aryl methyl sites for hydroxylation is 1. The lowest BCUT2D eigenvalue weighted by molar-refractivity contribution is -0.384. The molecule has 0 bridgehead atoms. The highest BCUT2D eigenvalue weighted by Crippen LogP contribution is 2.29. The number of rotatable bonds is 7. The minimum Gasteiger partial charge on any atom is -0.455 e. The molecule has 9 heteroatoms. The third kappa shape index (κ3) is 4.96. The summed E-state index contributed by atoms with van der Waals surface area (Å²) in [6.07, 6.45) is 1.41. The van der Waals surface area contributed by atoms with Gasteiger partial charge in [-0.1, -0.05) is 42.0 Å². The van der Waals surface area contributed by atoms with Crippen molar-refractivity contribution >= 4 is 17.3 Å². The molecule has 1 N–H and O–H groups in total. The molecule has 32 heavy (non-hydrogen) atoms. The summed E-state index contributed by atoms with van der Waals surface area (Å²) in [6.45, 7) is 1.91. The van der Waals surface area contributed by atoms with Gasteiger partial charge in [-0.2, -0.15) is 5.10 Å². The monoisotopic (exact) mass is 429 g/mol. The Morgan fingerprint density at radius 1 is 1.09 bits per heavy atom. The quantitative estimate of drug-likeness (QED) is 0.340. The zero-order valence-corrected chi connectivity index (χ0v) is 17.1. The molecular weight excluding hydrogens is 410 g/mol. The Labute approximate surface area is 183 Å². The zero-order valence-electron chi connectivity index (χ0n) is 17.1. The number of hydrogen-bond acceptors (Lipinski definition) is 6. The topological polar surface area (TPSA) is 112 Å². The Hall–Kier alpha value is -4.53. The summed E-state index contributed by atoms with van der Waals surface area (Å²) in [7, 11) is 0. The molecule has 3 aromatic carbocycles. The van der Waals surface area contributed by atoms with Crippen LogP contribution < -0.4 is 10.1 Å². The van der Waals surface area contributed by atoms with Crippen molar-refractivity contribution in [3.63, 3.8) is 0 Å². The van der Waals surface area contributed by atoms with Crippen molar-refractivity contribution in [1.29, 1.82) is 0 Å². The number of aromatic nitrogens is 3. The van der Waals surface area contributed by atoms with E-state index in [1.165, 1.54) is 23.1 Å². The van der Waals surface area contributed by atoms with Crippen molar-refractivity contribution in [3.05, 3.63) is 94.8 Å². The summed E-state index contributed by atoms with van der Waals surface area (Å²) in [5.74, 6) is 1.15. The number of amides is 1. The standard InChI is InChI=1S/C23H19N5O4/c1-16-9-11-19(12-10-16)32-21-8-3-2-7-20(21)25-22(29)14-27-15-24-23(26-27)17-5-4-6-18(13-17)28(30)31/h2-13,15H,14H2,1H3,(H,25,29). The second kappa shape index (κ2) is 9.09. The Morgan fingerprint density at radius 3 is 2.66 bits per heavy atom. The second-order valence-corrected chi connectivity index (χ2v) is 7.03. The third-order valence-corrected chi connectivity index (χ3v) is 4.57. The van der Waals surface area contributed by atoms with Crippen molar-refractivity contribution in [2.75, 3.05) is 5.32 Å². The number of anilines is 1. The Balaban J connectivity index is 1.44. The Bertz CT molecular complexity index is 1270. The van der Waals surface area contributed by atoms with Crippen LogP contribution in [0.1, 0.15) is 5.56 Å². The molecule has 0 unspecified atom stereocenters. The number of nitrogens with one attached hydrogen (secondary N) is 1. The van der Waals surface area contributed by atoms with Crippen LogP contribution in [0.4, 0.5) is 11.4 Å². The van der Waals surface area contributed by atoms with Gasteiger partial charge < -0.3 is 10.1 Å². The van der Waals surface area contributed by atoms with E-state index in [-0.39, 0.29) is 18.1 Å². The van der Waals surface area contributed by atoms with E-state index >= 15 is 0 Å². The molecule has 9 nitrogen and oxygen atoms in total. The molecule has 0 atom stereocenters. The summed E-state index contributed by atoms with van der Waals surface area (Å²) in [5.41, 5.74) is 2.09. The molecule has 1 amide bonds. The molecule has 160 valence electrons. The van der Waals surface area contributed by atoms with Gasteiger partial charge in [-0.3, -0.25) is 14.9 Å². The average molecular weight is 429 g/mol. The SMILES string of the molecule is Cc1ccc(Oc2ccccc2NC(=O)Cn2cnc(-c3cccc([N+](=O)[O-])c3)n2)cc1. The van der Waals surface area contributed by atoms with Crippen molar-refractivity contribution in [2.24, 2.45) is 0 Å². The van der Waals surface area contributed by atoms with Gasteiger partial charge >= 0.3 is 0 Å². The molecule has 1 heterocycles. The number of carbonyl (C=O) groups is 1. The number of nitrogens with zero attached hydrogens (tertiary/aromatic N) is 4. The maximum absolute atomic E-state index is 12.6. The highest BCUT2D eigenvalue weighted by atomic mass is 16.6. The second-order valence-electron chi connectivity index (χ2n) is 7.03. The fourth-order valence-electron chi connectivity index (χ4n) is 2.99. The van der Waals surface area contributed by atoms with Crippen molar-refractivity contribution in [1.82, 2.24) is 14.8 Å². The van der Waals surface area contributed by atoms with Crippen LogP contribution in [0.3, 0.4) is 0 Å². The van der Waals surface area contributed by atoms with E-state index in [0.717, 1.165) is 5.56 Å². The van der Waals surface area contributed by atoms with Crippen LogP contribution in [0.5, 0.6) is 11.5 Å². The fourth-order valence-corrected chi connectivity index (χ4v) is 2.99. The highest BCUT2D eigenvalue weighted by molar-refractivity contribution is 5.92. The van der Waals surface area contributed by atoms with E-state index in [9.17, 15) is 14.9 Å². The summed E-state index contributed by atoms with van der Waals surface area (Å²) in [4.78, 5) is 27.2. The smallest absolute Gasteiger partial charge is 0.270 e. The lowest BCUT2D eigenvalue weighted by atomic mass is 10.2. The molecule has 1 aromatic heterocycles. The van der Waals surface area contributed by atoms with Crippen molar-refractivity contribution in [3.8, 4) is 22.9 Å². The molecule has 4 aromatic rings. The first-order valence-electron chi connectivity index (χ1n) is 9.75. The van der Waals surface area contributed by atoms with E-state index in [1.807, 2.05) is 37.3 Å². The van der Waals surface area contributed by atoms with Crippen molar-refractivity contribution in [2.45, 2.75) is 13.5 Å². The van der Waals surface area contributed by atoms with Gasteiger partial charge in [0.05, 0.1) is 10.6 Å². The molecule has 0 saturated heterocycles. The van der Waals surface area contributed by atoms with Gasteiger partial charge in [-0.25, -0.2) is 9.67 Å². The van der Waals surface area contributed by atoms with E-state index in [2.05, 4.69) is 15.4 Å². The first-order chi connectivity index (χ1) is 15.5. The van der Waals surface area contributed by atoms with Gasteiger partial charge in [-0.05, 0) is 31.2 Å². The lowest BCUT2D eigenvalue weighted by Crippen LogP contribution is -2.19. The van der Waals surface area contributed by atoms with Crippen LogP contribution in [0.25, 0.3) is 11.4 Å². The largest absolute Gasteiger partial charge is 0.455 e. The average Bonchev–Trinajstić information content (AvgIpc) is 3.25. The molecule has 0 spiro atoms. The number of para-hydroxylation sites is 2. The van der Waals surface area contributed by atoms with Crippen LogP contribution in [-0.4, -0.2) is 25.6 Å². The van der Waals surface area contributed by atoms with Gasteiger partial charge in [0.1, 0.15) is 18.6 Å². The van der Waals surface area contributed by atoms with Crippen LogP contribution >= 0.6 is 0 Å². The van der Waals surface area contributed by atoms with Crippen LogP contribution in [0.15, 0.2) is 79.1 Å². The van der Waals surface area contributed by atoms with E-state index < -0.39 is 4.92 Å². The molecule has 0 aliphatic carbocycles. The summed E-state index contributed by atoms with van der Waals surface area (Å²) < 4.78 is 7.27. The Morgan fingerprint density at radius 2 is 1.88 bits per heavy atom. The summed E-state index contributed by atoms with van der Waals surface area (Å²) in [6, 6.07) is 20.8. The molecular formula is C23H19N5O4. The van der Waals surface area contributed by atoms with Gasteiger partial charge in [0.2, 0.25) is 5.91 Å². The first kappa shape index (κ1) is 20.7. The highest BCUT2D eigenvalue weighted by Gasteiger charge is 2.13. The minimum atomic E-state index is -0.482. The summed E-state index contributed by atoms with van der Waals surface area (Å²) in [5, 5.41) is 18.0. The maximum Gasteiger partial charge on any atom is 0.270 e. The first-order valence-corrected chi connectivity index (χ1v) is 9.75. The number of nitro groups is 1. The predicted molar refractivity (Wildman–Crippen MR) is 118 cm³/mol. The number of nitro benzene ring substituents is 1. The normalized spacial score (nSPS) is 10.5.